The van der Waals surface area contributed by atoms with E-state index in [9.17, 15) is 9.59 Å². The molecule has 0 spiro atoms. The Morgan fingerprint density at radius 2 is 1.81 bits per heavy atom. The highest BCUT2D eigenvalue weighted by Crippen LogP contribution is 2.28. The van der Waals surface area contributed by atoms with Gasteiger partial charge in [-0.25, -0.2) is 4.79 Å². The van der Waals surface area contributed by atoms with Gasteiger partial charge in [-0.3, -0.25) is 4.79 Å². The number of benzene rings is 1. The van der Waals surface area contributed by atoms with Gasteiger partial charge in [-0.15, -0.1) is 0 Å². The van der Waals surface area contributed by atoms with E-state index < -0.39 is 0 Å². The summed E-state index contributed by atoms with van der Waals surface area (Å²) in [6.07, 6.45) is 1.80. The molecule has 1 N–H and O–H groups in total. The minimum Gasteiger partial charge on any atom is -0.450 e. The van der Waals surface area contributed by atoms with Crippen LogP contribution in [0.2, 0.25) is 0 Å². The topological polar surface area (TPSA) is 58.6 Å². The summed E-state index contributed by atoms with van der Waals surface area (Å²) in [4.78, 5) is 26.0. The summed E-state index contributed by atoms with van der Waals surface area (Å²) in [5, 5.41) is 3.16. The van der Waals surface area contributed by atoms with E-state index in [0.29, 0.717) is 32.0 Å². The van der Waals surface area contributed by atoms with E-state index in [-0.39, 0.29) is 24.0 Å². The largest absolute Gasteiger partial charge is 0.450 e. The highest BCUT2D eigenvalue weighted by atomic mass is 16.6. The lowest BCUT2D eigenvalue weighted by atomic mass is 9.85. The van der Waals surface area contributed by atoms with Crippen LogP contribution in [-0.2, 0) is 9.53 Å². The van der Waals surface area contributed by atoms with Gasteiger partial charge < -0.3 is 15.0 Å². The quantitative estimate of drug-likeness (QED) is 0.838. The van der Waals surface area contributed by atoms with Crippen LogP contribution in [0.4, 0.5) is 4.79 Å². The van der Waals surface area contributed by atoms with Gasteiger partial charge in [-0.1, -0.05) is 43.7 Å². The van der Waals surface area contributed by atoms with Crippen molar-refractivity contribution in [2.45, 2.75) is 58.9 Å². The molecular weight excluding hydrogens is 328 g/mol. The van der Waals surface area contributed by atoms with E-state index >= 15 is 0 Å². The zero-order chi connectivity index (χ0) is 19.1. The number of carbonyl (C=O) groups is 2. The number of hydrogen-bond donors (Lipinski definition) is 1. The SMILES string of the molecule is CCOC(=O)N1CCC(NC(=O)CC(c2ccc(C)cc2)C(C)C)CC1. The van der Waals surface area contributed by atoms with Crippen LogP contribution in [0.1, 0.15) is 57.1 Å². The molecule has 1 aromatic rings. The molecule has 26 heavy (non-hydrogen) atoms. The van der Waals surface area contributed by atoms with E-state index in [4.69, 9.17) is 4.74 Å². The van der Waals surface area contributed by atoms with E-state index in [1.54, 1.807) is 4.90 Å². The monoisotopic (exact) mass is 360 g/mol. The number of carbonyl (C=O) groups excluding carboxylic acids is 2. The Labute approximate surface area is 157 Å². The number of nitrogens with zero attached hydrogens (tertiary/aromatic N) is 1. The van der Waals surface area contributed by atoms with Crippen molar-refractivity contribution in [3.63, 3.8) is 0 Å². The standard InChI is InChI=1S/C21H32N2O3/c1-5-26-21(25)23-12-10-18(11-13-23)22-20(24)14-19(15(2)3)17-8-6-16(4)7-9-17/h6-9,15,18-19H,5,10-14H2,1-4H3,(H,22,24). The van der Waals surface area contributed by atoms with Crippen molar-refractivity contribution in [2.24, 2.45) is 5.92 Å². The zero-order valence-corrected chi connectivity index (χ0v) is 16.5. The second kappa shape index (κ2) is 9.60. The Hall–Kier alpha value is -2.04. The molecule has 1 aromatic carbocycles. The first-order valence-electron chi connectivity index (χ1n) is 9.68. The highest BCUT2D eigenvalue weighted by molar-refractivity contribution is 5.77. The van der Waals surface area contributed by atoms with Gasteiger partial charge in [-0.2, -0.15) is 0 Å². The number of aryl methyl sites for hydroxylation is 1. The van der Waals surface area contributed by atoms with Crippen LogP contribution >= 0.6 is 0 Å². The van der Waals surface area contributed by atoms with Gasteiger partial charge in [0, 0.05) is 25.6 Å². The first-order chi connectivity index (χ1) is 12.4. The van der Waals surface area contributed by atoms with Crippen LogP contribution in [0.15, 0.2) is 24.3 Å². The van der Waals surface area contributed by atoms with Crippen LogP contribution in [0.3, 0.4) is 0 Å². The summed E-state index contributed by atoms with van der Waals surface area (Å²) in [7, 11) is 0. The second-order valence-electron chi connectivity index (χ2n) is 7.49. The fourth-order valence-electron chi connectivity index (χ4n) is 3.46. The third-order valence-electron chi connectivity index (χ3n) is 5.10. The van der Waals surface area contributed by atoms with Crippen molar-refractivity contribution < 1.29 is 14.3 Å². The first kappa shape index (κ1) is 20.3. The van der Waals surface area contributed by atoms with Crippen molar-refractivity contribution in [1.82, 2.24) is 10.2 Å². The normalized spacial score (nSPS) is 16.4. The molecule has 1 aliphatic heterocycles. The fourth-order valence-corrected chi connectivity index (χ4v) is 3.46. The lowest BCUT2D eigenvalue weighted by molar-refractivity contribution is -0.122. The average molecular weight is 360 g/mol. The molecule has 144 valence electrons. The van der Waals surface area contributed by atoms with E-state index in [1.807, 2.05) is 6.92 Å². The number of nitrogens with one attached hydrogen (secondary N) is 1. The lowest BCUT2D eigenvalue weighted by Gasteiger charge is -2.32. The van der Waals surface area contributed by atoms with E-state index in [1.165, 1.54) is 11.1 Å². The van der Waals surface area contributed by atoms with Gasteiger partial charge in [0.1, 0.15) is 0 Å². The number of piperidine rings is 1. The predicted octanol–water partition coefficient (Wildman–Crippen LogP) is 3.86. The van der Waals surface area contributed by atoms with Crippen LogP contribution in [-0.4, -0.2) is 42.6 Å². The maximum absolute atomic E-state index is 12.6. The molecule has 1 saturated heterocycles. The molecule has 0 saturated carbocycles. The summed E-state index contributed by atoms with van der Waals surface area (Å²) in [5.41, 5.74) is 2.45. The summed E-state index contributed by atoms with van der Waals surface area (Å²) in [6, 6.07) is 8.61. The van der Waals surface area contributed by atoms with Crippen molar-refractivity contribution >= 4 is 12.0 Å². The highest BCUT2D eigenvalue weighted by Gasteiger charge is 2.26. The maximum atomic E-state index is 12.6. The maximum Gasteiger partial charge on any atom is 0.409 e. The van der Waals surface area contributed by atoms with Crippen molar-refractivity contribution in [3.05, 3.63) is 35.4 Å². The summed E-state index contributed by atoms with van der Waals surface area (Å²) >= 11 is 0. The van der Waals surface area contributed by atoms with Gasteiger partial charge in [0.15, 0.2) is 0 Å². The molecule has 1 atom stereocenters. The average Bonchev–Trinajstić information content (AvgIpc) is 2.61. The van der Waals surface area contributed by atoms with Gasteiger partial charge in [-0.05, 0) is 44.1 Å². The first-order valence-corrected chi connectivity index (χ1v) is 9.68. The molecule has 5 nitrogen and oxygen atoms in total. The number of amides is 2. The Balaban J connectivity index is 1.85. The lowest BCUT2D eigenvalue weighted by Crippen LogP contribution is -2.47. The Bertz CT molecular complexity index is 590. The molecule has 1 fully saturated rings. The van der Waals surface area contributed by atoms with Crippen LogP contribution in [0.25, 0.3) is 0 Å². The van der Waals surface area contributed by atoms with Crippen LogP contribution < -0.4 is 5.32 Å². The van der Waals surface area contributed by atoms with Crippen molar-refractivity contribution in [3.8, 4) is 0 Å². The van der Waals surface area contributed by atoms with E-state index in [2.05, 4.69) is 50.4 Å². The molecular formula is C21H32N2O3. The summed E-state index contributed by atoms with van der Waals surface area (Å²) < 4.78 is 5.03. The summed E-state index contributed by atoms with van der Waals surface area (Å²) in [6.45, 7) is 9.87. The van der Waals surface area contributed by atoms with Crippen molar-refractivity contribution in [1.29, 1.82) is 0 Å². The van der Waals surface area contributed by atoms with Gasteiger partial charge >= 0.3 is 6.09 Å². The number of ether oxygens (including phenoxy) is 1. The molecule has 2 rings (SSSR count). The molecule has 0 aromatic heterocycles. The number of likely N-dealkylation sites (tertiary alicyclic amines) is 1. The molecule has 1 heterocycles. The molecule has 2 amide bonds. The molecule has 0 aliphatic carbocycles. The smallest absolute Gasteiger partial charge is 0.409 e. The van der Waals surface area contributed by atoms with Gasteiger partial charge in [0.2, 0.25) is 5.91 Å². The number of rotatable bonds is 6. The van der Waals surface area contributed by atoms with Crippen LogP contribution in [0.5, 0.6) is 0 Å². The molecule has 1 aliphatic rings. The molecule has 5 heteroatoms. The van der Waals surface area contributed by atoms with Crippen molar-refractivity contribution in [2.75, 3.05) is 19.7 Å². The minimum atomic E-state index is -0.253. The minimum absolute atomic E-state index is 0.0962. The summed E-state index contributed by atoms with van der Waals surface area (Å²) in [5.74, 6) is 0.711. The van der Waals surface area contributed by atoms with Crippen LogP contribution in [0, 0.1) is 12.8 Å². The van der Waals surface area contributed by atoms with Gasteiger partial charge in [0.25, 0.3) is 0 Å². The molecule has 1 unspecified atom stereocenters. The second-order valence-corrected chi connectivity index (χ2v) is 7.49. The molecule has 0 radical (unpaired) electrons. The molecule has 0 bridgehead atoms. The zero-order valence-electron chi connectivity index (χ0n) is 16.5. The van der Waals surface area contributed by atoms with E-state index in [0.717, 1.165) is 12.8 Å². The Kier molecular flexibility index (Phi) is 7.49. The number of hydrogen-bond acceptors (Lipinski definition) is 3. The third kappa shape index (κ3) is 5.75. The third-order valence-corrected chi connectivity index (χ3v) is 5.10. The predicted molar refractivity (Wildman–Crippen MR) is 103 cm³/mol. The Morgan fingerprint density at radius 1 is 1.19 bits per heavy atom. The fraction of sp³-hybridized carbons (Fsp3) is 0.619. The van der Waals surface area contributed by atoms with Gasteiger partial charge in [0.05, 0.1) is 6.61 Å². The Morgan fingerprint density at radius 3 is 2.35 bits per heavy atom.